The molecule has 1 aliphatic rings. The predicted molar refractivity (Wildman–Crippen MR) is 61.7 cm³/mol. The highest BCUT2D eigenvalue weighted by molar-refractivity contribution is 7.99. The molecule has 0 saturated heterocycles. The third kappa shape index (κ3) is 2.30. The number of hydrogen-bond donors (Lipinski definition) is 1. The Hall–Kier alpha value is -0.250. The largest absolute Gasteiger partial charge is 0.388 e. The van der Waals surface area contributed by atoms with Gasteiger partial charge in [0, 0.05) is 11.0 Å². The molecule has 1 unspecified atom stereocenters. The summed E-state index contributed by atoms with van der Waals surface area (Å²) in [5.41, 5.74) is 1.64. The summed E-state index contributed by atoms with van der Waals surface area (Å²) in [4.78, 5) is 0. The van der Waals surface area contributed by atoms with Gasteiger partial charge < -0.3 is 5.11 Å². The molecule has 0 spiro atoms. The molecule has 2 rings (SSSR count). The van der Waals surface area contributed by atoms with Crippen molar-refractivity contribution in [2.24, 2.45) is 0 Å². The standard InChI is InChI=1S/C11H12ClFOS/c1-6-2-11(14)8-4-9(12)10(13)3-7(8)5-15-6/h3-4,6,11,14H,2,5H2,1H3/t6?,11-/m1/s1. The second-order valence-corrected chi connectivity index (χ2v) is 5.67. The molecule has 0 radical (unpaired) electrons. The summed E-state index contributed by atoms with van der Waals surface area (Å²) in [6.45, 7) is 2.07. The fourth-order valence-electron chi connectivity index (χ4n) is 1.78. The van der Waals surface area contributed by atoms with E-state index in [2.05, 4.69) is 6.92 Å². The average Bonchev–Trinajstić information content (AvgIpc) is 2.30. The van der Waals surface area contributed by atoms with Crippen LogP contribution in [0.25, 0.3) is 0 Å². The lowest BCUT2D eigenvalue weighted by atomic mass is 10.0. The molecule has 4 heteroatoms. The van der Waals surface area contributed by atoms with Crippen LogP contribution >= 0.6 is 23.4 Å². The number of fused-ring (bicyclic) bond motifs is 1. The lowest BCUT2D eigenvalue weighted by Crippen LogP contribution is -2.04. The van der Waals surface area contributed by atoms with E-state index in [1.807, 2.05) is 0 Å². The van der Waals surface area contributed by atoms with Gasteiger partial charge >= 0.3 is 0 Å². The number of rotatable bonds is 0. The van der Waals surface area contributed by atoms with E-state index in [-0.39, 0.29) is 5.02 Å². The Morgan fingerprint density at radius 1 is 1.53 bits per heavy atom. The summed E-state index contributed by atoms with van der Waals surface area (Å²) >= 11 is 7.44. The Balaban J connectivity index is 2.45. The van der Waals surface area contributed by atoms with Gasteiger partial charge in [-0.3, -0.25) is 0 Å². The van der Waals surface area contributed by atoms with Crippen molar-refractivity contribution in [3.05, 3.63) is 34.1 Å². The number of benzene rings is 1. The average molecular weight is 247 g/mol. The highest BCUT2D eigenvalue weighted by Gasteiger charge is 2.22. The Morgan fingerprint density at radius 3 is 3.00 bits per heavy atom. The van der Waals surface area contributed by atoms with Gasteiger partial charge in [-0.2, -0.15) is 11.8 Å². The van der Waals surface area contributed by atoms with Crippen LogP contribution in [-0.2, 0) is 5.75 Å². The zero-order valence-corrected chi connectivity index (χ0v) is 9.91. The monoisotopic (exact) mass is 246 g/mol. The summed E-state index contributed by atoms with van der Waals surface area (Å²) in [6, 6.07) is 2.99. The van der Waals surface area contributed by atoms with E-state index in [9.17, 15) is 9.50 Å². The summed E-state index contributed by atoms with van der Waals surface area (Å²) in [5, 5.41) is 10.4. The van der Waals surface area contributed by atoms with Gasteiger partial charge in [0.15, 0.2) is 0 Å². The Kier molecular flexibility index (Phi) is 3.24. The number of halogens is 2. The molecule has 1 heterocycles. The van der Waals surface area contributed by atoms with Gasteiger partial charge in [-0.15, -0.1) is 0 Å². The number of hydrogen-bond acceptors (Lipinski definition) is 2. The fourth-order valence-corrected chi connectivity index (χ4v) is 2.98. The lowest BCUT2D eigenvalue weighted by Gasteiger charge is -2.13. The highest BCUT2D eigenvalue weighted by Crippen LogP contribution is 2.36. The van der Waals surface area contributed by atoms with Crippen molar-refractivity contribution in [1.82, 2.24) is 0 Å². The third-order valence-electron chi connectivity index (χ3n) is 2.62. The van der Waals surface area contributed by atoms with Crippen LogP contribution in [0.2, 0.25) is 5.02 Å². The van der Waals surface area contributed by atoms with Gasteiger partial charge in [0.2, 0.25) is 0 Å². The molecule has 15 heavy (non-hydrogen) atoms. The summed E-state index contributed by atoms with van der Waals surface area (Å²) < 4.78 is 13.2. The first-order valence-corrected chi connectivity index (χ1v) is 6.28. The van der Waals surface area contributed by atoms with Crippen LogP contribution in [0.3, 0.4) is 0 Å². The first kappa shape index (κ1) is 11.2. The van der Waals surface area contributed by atoms with Crippen LogP contribution in [0.1, 0.15) is 30.6 Å². The Morgan fingerprint density at radius 2 is 2.27 bits per heavy atom. The lowest BCUT2D eigenvalue weighted by molar-refractivity contribution is 0.168. The van der Waals surface area contributed by atoms with Crippen molar-refractivity contribution in [1.29, 1.82) is 0 Å². The van der Waals surface area contributed by atoms with Crippen molar-refractivity contribution in [3.8, 4) is 0 Å². The second-order valence-electron chi connectivity index (χ2n) is 3.84. The van der Waals surface area contributed by atoms with Gasteiger partial charge in [0.05, 0.1) is 11.1 Å². The maximum Gasteiger partial charge on any atom is 0.142 e. The van der Waals surface area contributed by atoms with E-state index in [0.717, 1.165) is 16.9 Å². The maximum atomic E-state index is 13.2. The van der Waals surface area contributed by atoms with Crippen LogP contribution in [0, 0.1) is 5.82 Å². The van der Waals surface area contributed by atoms with Gasteiger partial charge in [-0.25, -0.2) is 4.39 Å². The SMILES string of the molecule is CC1C[C@@H](O)c2cc(Cl)c(F)cc2CS1. The van der Waals surface area contributed by atoms with Crippen molar-refractivity contribution in [2.75, 3.05) is 0 Å². The van der Waals surface area contributed by atoms with E-state index in [1.54, 1.807) is 17.8 Å². The topological polar surface area (TPSA) is 20.2 Å². The molecule has 1 aromatic carbocycles. The molecule has 1 nitrogen and oxygen atoms in total. The van der Waals surface area contributed by atoms with Gasteiger partial charge in [-0.1, -0.05) is 18.5 Å². The smallest absolute Gasteiger partial charge is 0.142 e. The minimum absolute atomic E-state index is 0.0901. The van der Waals surface area contributed by atoms with E-state index in [1.165, 1.54) is 6.07 Å². The zero-order valence-electron chi connectivity index (χ0n) is 8.34. The van der Waals surface area contributed by atoms with E-state index in [4.69, 9.17) is 11.6 Å². The quantitative estimate of drug-likeness (QED) is 0.756. The highest BCUT2D eigenvalue weighted by atomic mass is 35.5. The Bertz CT molecular complexity index is 383. The van der Waals surface area contributed by atoms with Crippen molar-refractivity contribution >= 4 is 23.4 Å². The first-order valence-electron chi connectivity index (χ1n) is 4.85. The molecule has 0 saturated carbocycles. The van der Waals surface area contributed by atoms with Crippen LogP contribution in [0.4, 0.5) is 4.39 Å². The van der Waals surface area contributed by atoms with E-state index < -0.39 is 11.9 Å². The van der Waals surface area contributed by atoms with Crippen LogP contribution in [-0.4, -0.2) is 10.4 Å². The Labute approximate surface area is 97.6 Å². The summed E-state index contributed by atoms with van der Waals surface area (Å²) in [7, 11) is 0. The van der Waals surface area contributed by atoms with Gasteiger partial charge in [0.1, 0.15) is 5.82 Å². The summed E-state index contributed by atoms with van der Waals surface area (Å²) in [6.07, 6.45) is 0.169. The van der Waals surface area contributed by atoms with Crippen molar-refractivity contribution in [3.63, 3.8) is 0 Å². The third-order valence-corrected chi connectivity index (χ3v) is 4.15. The van der Waals surface area contributed by atoms with Crippen LogP contribution < -0.4 is 0 Å². The minimum atomic E-state index is -0.525. The van der Waals surface area contributed by atoms with E-state index in [0.29, 0.717) is 11.7 Å². The molecule has 0 aromatic heterocycles. The molecular formula is C11H12ClFOS. The van der Waals surface area contributed by atoms with Crippen molar-refractivity contribution in [2.45, 2.75) is 30.5 Å². The minimum Gasteiger partial charge on any atom is -0.388 e. The number of thioether (sulfide) groups is 1. The molecule has 1 aliphatic heterocycles. The molecule has 0 amide bonds. The number of aliphatic hydroxyl groups is 1. The maximum absolute atomic E-state index is 13.2. The predicted octanol–water partition coefficient (Wildman–Crippen LogP) is 3.54. The summed E-state index contributed by atoms with van der Waals surface area (Å²) in [5.74, 6) is 0.333. The molecule has 2 atom stereocenters. The van der Waals surface area contributed by atoms with Crippen LogP contribution in [0.5, 0.6) is 0 Å². The zero-order chi connectivity index (χ0) is 11.0. The van der Waals surface area contributed by atoms with Gasteiger partial charge in [-0.05, 0) is 29.7 Å². The molecule has 1 aromatic rings. The van der Waals surface area contributed by atoms with E-state index >= 15 is 0 Å². The molecule has 0 aliphatic carbocycles. The molecule has 0 bridgehead atoms. The molecular weight excluding hydrogens is 235 g/mol. The van der Waals surface area contributed by atoms with Crippen molar-refractivity contribution < 1.29 is 9.50 Å². The van der Waals surface area contributed by atoms with Gasteiger partial charge in [0.25, 0.3) is 0 Å². The first-order chi connectivity index (χ1) is 7.08. The normalized spacial score (nSPS) is 25.9. The number of aliphatic hydroxyl groups excluding tert-OH is 1. The van der Waals surface area contributed by atoms with Crippen LogP contribution in [0.15, 0.2) is 12.1 Å². The fraction of sp³-hybridized carbons (Fsp3) is 0.455. The molecule has 0 fully saturated rings. The molecule has 1 N–H and O–H groups in total. The second kappa shape index (κ2) is 4.32. The molecule has 82 valence electrons.